The number of hydrogen-bond donors (Lipinski definition) is 1. The molecule has 0 atom stereocenters. The maximum atomic E-state index is 11.4. The van der Waals surface area contributed by atoms with Crippen LogP contribution in [0.3, 0.4) is 0 Å². The minimum atomic E-state index is -0.603. The van der Waals surface area contributed by atoms with Gasteiger partial charge >= 0.3 is 5.97 Å². The van der Waals surface area contributed by atoms with E-state index < -0.39 is 11.4 Å². The maximum Gasteiger partial charge on any atom is 0.340 e. The summed E-state index contributed by atoms with van der Waals surface area (Å²) in [5.41, 5.74) is 5.47. The number of pyridine rings is 1. The highest BCUT2D eigenvalue weighted by molar-refractivity contribution is 5.95. The van der Waals surface area contributed by atoms with Crippen molar-refractivity contribution in [2.24, 2.45) is 16.3 Å². The summed E-state index contributed by atoms with van der Waals surface area (Å²) in [7, 11) is 0. The van der Waals surface area contributed by atoms with Crippen molar-refractivity contribution in [3.63, 3.8) is 0 Å². The third-order valence-corrected chi connectivity index (χ3v) is 1.77. The molecule has 16 heavy (non-hydrogen) atoms. The number of amidine groups is 1. The van der Waals surface area contributed by atoms with E-state index in [9.17, 15) is 4.79 Å². The van der Waals surface area contributed by atoms with Crippen molar-refractivity contribution in [3.8, 4) is 0 Å². The van der Waals surface area contributed by atoms with E-state index in [2.05, 4.69) is 10.1 Å². The second-order valence-corrected chi connectivity index (χ2v) is 4.32. The highest BCUT2D eigenvalue weighted by Gasteiger charge is 2.23. The Morgan fingerprint density at radius 3 is 2.62 bits per heavy atom. The molecule has 5 nitrogen and oxygen atoms in total. The summed E-state index contributed by atoms with van der Waals surface area (Å²) >= 11 is 0. The molecule has 1 heterocycles. The minimum absolute atomic E-state index is 0.0817. The lowest BCUT2D eigenvalue weighted by Crippen LogP contribution is -2.23. The molecule has 0 spiro atoms. The zero-order chi connectivity index (χ0) is 12.2. The monoisotopic (exact) mass is 221 g/mol. The second-order valence-electron chi connectivity index (χ2n) is 4.32. The Bertz CT molecular complexity index is 393. The van der Waals surface area contributed by atoms with Gasteiger partial charge in [0.2, 0.25) is 0 Å². The molecule has 5 heteroatoms. The molecule has 86 valence electrons. The highest BCUT2D eigenvalue weighted by Crippen LogP contribution is 2.15. The van der Waals surface area contributed by atoms with Crippen molar-refractivity contribution in [2.45, 2.75) is 20.8 Å². The summed E-state index contributed by atoms with van der Waals surface area (Å²) in [6.07, 6.45) is 1.59. The van der Waals surface area contributed by atoms with Crippen molar-refractivity contribution in [3.05, 3.63) is 30.1 Å². The van der Waals surface area contributed by atoms with Crippen LogP contribution in [-0.4, -0.2) is 16.8 Å². The summed E-state index contributed by atoms with van der Waals surface area (Å²) in [5.74, 6) is -0.357. The van der Waals surface area contributed by atoms with Gasteiger partial charge in [0.25, 0.3) is 0 Å². The number of rotatable bonds is 2. The Labute approximate surface area is 94.3 Å². The van der Waals surface area contributed by atoms with Gasteiger partial charge in [0.15, 0.2) is 5.84 Å². The van der Waals surface area contributed by atoms with Crippen LogP contribution in [0.5, 0.6) is 0 Å². The molecule has 0 saturated carbocycles. The lowest BCUT2D eigenvalue weighted by Gasteiger charge is -2.12. The van der Waals surface area contributed by atoms with Crippen LogP contribution < -0.4 is 5.73 Å². The highest BCUT2D eigenvalue weighted by atomic mass is 16.7. The first-order valence-electron chi connectivity index (χ1n) is 4.87. The van der Waals surface area contributed by atoms with Gasteiger partial charge in [0, 0.05) is 6.20 Å². The summed E-state index contributed by atoms with van der Waals surface area (Å²) in [4.78, 5) is 20.1. The summed E-state index contributed by atoms with van der Waals surface area (Å²) < 4.78 is 0. The Balaban J connectivity index is 2.70. The standard InChI is InChI=1S/C11H15N3O2/c1-11(2,3)10(15)16-14-9(12)8-6-4-5-7-13-8/h4-7H,1-3H3,(H2,12,14). The number of oxime groups is 1. The van der Waals surface area contributed by atoms with E-state index >= 15 is 0 Å². The molecule has 0 amide bonds. The van der Waals surface area contributed by atoms with Crippen molar-refractivity contribution in [1.29, 1.82) is 0 Å². The van der Waals surface area contributed by atoms with E-state index in [-0.39, 0.29) is 5.84 Å². The molecule has 1 aromatic rings. The van der Waals surface area contributed by atoms with Crippen molar-refractivity contribution in [2.75, 3.05) is 0 Å². The molecule has 0 fully saturated rings. The van der Waals surface area contributed by atoms with Crippen LogP contribution in [0.15, 0.2) is 29.6 Å². The van der Waals surface area contributed by atoms with Crippen LogP contribution in [-0.2, 0) is 9.63 Å². The third kappa shape index (κ3) is 3.34. The topological polar surface area (TPSA) is 77.6 Å². The second kappa shape index (κ2) is 4.74. The van der Waals surface area contributed by atoms with Crippen LogP contribution >= 0.6 is 0 Å². The number of carbonyl (C=O) groups is 1. The summed E-state index contributed by atoms with van der Waals surface area (Å²) in [6, 6.07) is 5.22. The molecule has 0 saturated heterocycles. The molecular formula is C11H15N3O2. The van der Waals surface area contributed by atoms with Crippen LogP contribution in [0, 0.1) is 5.41 Å². The number of nitrogens with zero attached hydrogens (tertiary/aromatic N) is 2. The average Bonchev–Trinajstić information content (AvgIpc) is 2.25. The average molecular weight is 221 g/mol. The molecular weight excluding hydrogens is 206 g/mol. The number of hydrogen-bond acceptors (Lipinski definition) is 4. The van der Waals surface area contributed by atoms with E-state index in [0.717, 1.165) is 0 Å². The number of nitrogens with two attached hydrogens (primary N) is 1. The summed E-state index contributed by atoms with van der Waals surface area (Å²) in [6.45, 7) is 5.21. The third-order valence-electron chi connectivity index (χ3n) is 1.77. The first kappa shape index (κ1) is 12.2. The lowest BCUT2D eigenvalue weighted by atomic mass is 9.98. The molecule has 2 N–H and O–H groups in total. The molecule has 0 aliphatic carbocycles. The molecule has 0 aliphatic rings. The van der Waals surface area contributed by atoms with Crippen LogP contribution in [0.4, 0.5) is 0 Å². The van der Waals surface area contributed by atoms with Gasteiger partial charge in [-0.3, -0.25) is 4.98 Å². The molecule has 1 aromatic heterocycles. The van der Waals surface area contributed by atoms with Gasteiger partial charge < -0.3 is 10.6 Å². The van der Waals surface area contributed by atoms with Crippen LogP contribution in [0.1, 0.15) is 26.5 Å². The van der Waals surface area contributed by atoms with Crippen LogP contribution in [0.2, 0.25) is 0 Å². The van der Waals surface area contributed by atoms with Crippen molar-refractivity contribution < 1.29 is 9.63 Å². The fourth-order valence-electron chi connectivity index (χ4n) is 0.789. The Morgan fingerprint density at radius 1 is 1.44 bits per heavy atom. The molecule has 0 unspecified atom stereocenters. The van der Waals surface area contributed by atoms with Crippen LogP contribution in [0.25, 0.3) is 0 Å². The molecule has 0 aromatic carbocycles. The van der Waals surface area contributed by atoms with Gasteiger partial charge in [-0.05, 0) is 32.9 Å². The van der Waals surface area contributed by atoms with E-state index in [0.29, 0.717) is 5.69 Å². The lowest BCUT2D eigenvalue weighted by molar-refractivity contribution is -0.152. The Morgan fingerprint density at radius 2 is 2.12 bits per heavy atom. The van der Waals surface area contributed by atoms with Crippen molar-refractivity contribution >= 4 is 11.8 Å². The van der Waals surface area contributed by atoms with Gasteiger partial charge in [0.1, 0.15) is 5.69 Å². The summed E-state index contributed by atoms with van der Waals surface area (Å²) in [5, 5.41) is 3.54. The first-order chi connectivity index (χ1) is 7.41. The zero-order valence-corrected chi connectivity index (χ0v) is 9.60. The predicted molar refractivity (Wildman–Crippen MR) is 60.5 cm³/mol. The maximum absolute atomic E-state index is 11.4. The Kier molecular flexibility index (Phi) is 3.60. The molecule has 1 rings (SSSR count). The van der Waals surface area contributed by atoms with Crippen molar-refractivity contribution in [1.82, 2.24) is 4.98 Å². The molecule has 0 aliphatic heterocycles. The van der Waals surface area contributed by atoms with Gasteiger partial charge in [-0.15, -0.1) is 0 Å². The fourth-order valence-corrected chi connectivity index (χ4v) is 0.789. The predicted octanol–water partition coefficient (Wildman–Crippen LogP) is 1.29. The normalized spacial score (nSPS) is 12.3. The van der Waals surface area contributed by atoms with Gasteiger partial charge in [-0.2, -0.15) is 0 Å². The van der Waals surface area contributed by atoms with E-state index in [1.165, 1.54) is 0 Å². The molecule has 0 bridgehead atoms. The van der Waals surface area contributed by atoms with E-state index in [1.807, 2.05) is 0 Å². The van der Waals surface area contributed by atoms with Gasteiger partial charge in [-0.1, -0.05) is 11.2 Å². The number of carbonyl (C=O) groups excluding carboxylic acids is 1. The van der Waals surface area contributed by atoms with E-state index in [4.69, 9.17) is 10.6 Å². The fraction of sp³-hybridized carbons (Fsp3) is 0.364. The first-order valence-corrected chi connectivity index (χ1v) is 4.87. The van der Waals surface area contributed by atoms with E-state index in [1.54, 1.807) is 45.2 Å². The SMILES string of the molecule is CC(C)(C)C(=O)O/N=C(\N)c1ccccn1. The number of aromatic nitrogens is 1. The largest absolute Gasteiger partial charge is 0.379 e. The zero-order valence-electron chi connectivity index (χ0n) is 9.60. The molecule has 0 radical (unpaired) electrons. The van der Waals surface area contributed by atoms with Gasteiger partial charge in [0.05, 0.1) is 5.41 Å². The van der Waals surface area contributed by atoms with Gasteiger partial charge in [-0.25, -0.2) is 4.79 Å². The Hall–Kier alpha value is -1.91. The smallest absolute Gasteiger partial charge is 0.340 e. The minimum Gasteiger partial charge on any atom is -0.379 e. The quantitative estimate of drug-likeness (QED) is 0.353.